The molecule has 1 atom stereocenters. The van der Waals surface area contributed by atoms with Crippen molar-refractivity contribution in [3.8, 4) is 5.75 Å². The van der Waals surface area contributed by atoms with Crippen LogP contribution in [0.1, 0.15) is 17.5 Å². The highest BCUT2D eigenvalue weighted by Gasteiger charge is 2.27. The number of ether oxygens (including phenoxy) is 1. The van der Waals surface area contributed by atoms with Crippen molar-refractivity contribution in [3.05, 3.63) is 63.6 Å². The maximum Gasteiger partial charge on any atom is 0.307 e. The molecule has 0 aliphatic carbocycles. The van der Waals surface area contributed by atoms with Crippen molar-refractivity contribution in [2.45, 2.75) is 19.6 Å². The molecule has 1 fully saturated rings. The molecule has 1 aliphatic rings. The van der Waals surface area contributed by atoms with Crippen LogP contribution in [0, 0.1) is 5.92 Å². The second-order valence-electron chi connectivity index (χ2n) is 6.24. The number of hydrogen-bond donors (Lipinski definition) is 1. The van der Waals surface area contributed by atoms with Crippen LogP contribution in [-0.2, 0) is 17.9 Å². The molecule has 1 aliphatic heterocycles. The smallest absolute Gasteiger partial charge is 0.307 e. The van der Waals surface area contributed by atoms with Gasteiger partial charge in [0.05, 0.1) is 16.0 Å². The first-order chi connectivity index (χ1) is 12.0. The van der Waals surface area contributed by atoms with Gasteiger partial charge in [0.25, 0.3) is 0 Å². The van der Waals surface area contributed by atoms with Crippen LogP contribution < -0.4 is 4.74 Å². The van der Waals surface area contributed by atoms with Gasteiger partial charge in [0, 0.05) is 13.1 Å². The number of likely N-dealkylation sites (tertiary alicyclic amines) is 1. The molecule has 1 heterocycles. The van der Waals surface area contributed by atoms with E-state index < -0.39 is 5.97 Å². The largest absolute Gasteiger partial charge is 0.489 e. The van der Waals surface area contributed by atoms with Crippen molar-refractivity contribution < 1.29 is 14.6 Å². The molecule has 6 heteroatoms. The molecule has 2 aromatic rings. The van der Waals surface area contributed by atoms with Crippen LogP contribution in [0.2, 0.25) is 10.0 Å². The van der Waals surface area contributed by atoms with Crippen LogP contribution in [0.25, 0.3) is 0 Å². The number of carboxylic acids is 1. The van der Waals surface area contributed by atoms with E-state index in [0.29, 0.717) is 23.2 Å². The number of carbonyl (C=O) groups is 1. The van der Waals surface area contributed by atoms with Crippen molar-refractivity contribution in [1.29, 1.82) is 0 Å². The van der Waals surface area contributed by atoms with Crippen molar-refractivity contribution in [3.63, 3.8) is 0 Å². The average molecular weight is 380 g/mol. The van der Waals surface area contributed by atoms with E-state index in [4.69, 9.17) is 33.0 Å². The molecule has 1 N–H and O–H groups in total. The lowest BCUT2D eigenvalue weighted by atomic mass is 10.1. The third kappa shape index (κ3) is 4.88. The molecule has 0 spiro atoms. The Balaban J connectivity index is 1.52. The fraction of sp³-hybridized carbons (Fsp3) is 0.316. The molecule has 0 amide bonds. The molecule has 25 heavy (non-hydrogen) atoms. The minimum atomic E-state index is -0.700. The summed E-state index contributed by atoms with van der Waals surface area (Å²) < 4.78 is 5.77. The lowest BCUT2D eigenvalue weighted by Gasteiger charge is -2.15. The Labute approximate surface area is 156 Å². The zero-order valence-electron chi connectivity index (χ0n) is 13.6. The molecule has 4 nitrogen and oxygen atoms in total. The lowest BCUT2D eigenvalue weighted by molar-refractivity contribution is -0.141. The fourth-order valence-corrected chi connectivity index (χ4v) is 3.24. The minimum Gasteiger partial charge on any atom is -0.489 e. The van der Waals surface area contributed by atoms with Gasteiger partial charge < -0.3 is 9.84 Å². The van der Waals surface area contributed by atoms with Gasteiger partial charge in [-0.25, -0.2) is 0 Å². The molecule has 0 radical (unpaired) electrons. The van der Waals surface area contributed by atoms with Gasteiger partial charge in [0.15, 0.2) is 0 Å². The van der Waals surface area contributed by atoms with E-state index >= 15 is 0 Å². The molecule has 0 saturated carbocycles. The number of nitrogens with zero attached hydrogens (tertiary/aromatic N) is 1. The number of halogens is 2. The van der Waals surface area contributed by atoms with Gasteiger partial charge in [-0.05, 0) is 48.4 Å². The van der Waals surface area contributed by atoms with Gasteiger partial charge in [-0.15, -0.1) is 0 Å². The van der Waals surface area contributed by atoms with E-state index in [1.807, 2.05) is 30.3 Å². The van der Waals surface area contributed by atoms with Crippen LogP contribution >= 0.6 is 23.2 Å². The Morgan fingerprint density at radius 1 is 1.12 bits per heavy atom. The predicted octanol–water partition coefficient (Wildman–Crippen LogP) is 4.48. The minimum absolute atomic E-state index is 0.242. The second-order valence-corrected chi connectivity index (χ2v) is 7.05. The van der Waals surface area contributed by atoms with Gasteiger partial charge in [0.1, 0.15) is 12.4 Å². The van der Waals surface area contributed by atoms with E-state index in [1.54, 1.807) is 12.1 Å². The van der Waals surface area contributed by atoms with Crippen LogP contribution in [0.4, 0.5) is 0 Å². The van der Waals surface area contributed by atoms with Gasteiger partial charge in [-0.3, -0.25) is 9.69 Å². The summed E-state index contributed by atoms with van der Waals surface area (Å²) >= 11 is 11.9. The highest BCUT2D eigenvalue weighted by Crippen LogP contribution is 2.24. The Bertz CT molecular complexity index is 749. The zero-order chi connectivity index (χ0) is 17.8. The first kappa shape index (κ1) is 18.1. The van der Waals surface area contributed by atoms with Crippen LogP contribution in [0.5, 0.6) is 5.75 Å². The first-order valence-corrected chi connectivity index (χ1v) is 8.87. The van der Waals surface area contributed by atoms with E-state index in [2.05, 4.69) is 4.90 Å². The van der Waals surface area contributed by atoms with Gasteiger partial charge in [0.2, 0.25) is 0 Å². The summed E-state index contributed by atoms with van der Waals surface area (Å²) in [5.41, 5.74) is 2.10. The van der Waals surface area contributed by atoms with E-state index in [1.165, 1.54) is 0 Å². The van der Waals surface area contributed by atoms with E-state index in [0.717, 1.165) is 36.4 Å². The lowest BCUT2D eigenvalue weighted by Crippen LogP contribution is -2.22. The Hall–Kier alpha value is -1.75. The molecule has 1 unspecified atom stereocenters. The summed E-state index contributed by atoms with van der Waals surface area (Å²) in [4.78, 5) is 13.2. The topological polar surface area (TPSA) is 49.8 Å². The van der Waals surface area contributed by atoms with Crippen molar-refractivity contribution in [1.82, 2.24) is 4.90 Å². The number of hydrogen-bond acceptors (Lipinski definition) is 3. The fourth-order valence-electron chi connectivity index (χ4n) is 2.92. The summed E-state index contributed by atoms with van der Waals surface area (Å²) in [6.07, 6.45) is 0.722. The number of rotatable bonds is 6. The molecule has 0 aromatic heterocycles. The average Bonchev–Trinajstić information content (AvgIpc) is 3.06. The van der Waals surface area contributed by atoms with Gasteiger partial charge in [-0.2, -0.15) is 0 Å². The standard InChI is InChI=1S/C19H19Cl2NO3/c20-17-6-3-14(9-18(17)21)12-25-16-4-1-13(2-5-16)10-22-8-7-15(11-22)19(23)24/h1-6,9,15H,7-8,10-12H2,(H,23,24). The third-order valence-corrected chi connectivity index (χ3v) is 5.08. The normalized spacial score (nSPS) is 17.6. The Morgan fingerprint density at radius 2 is 1.84 bits per heavy atom. The zero-order valence-corrected chi connectivity index (χ0v) is 15.1. The molecular formula is C19H19Cl2NO3. The predicted molar refractivity (Wildman–Crippen MR) is 98.3 cm³/mol. The Kier molecular flexibility index (Phi) is 5.84. The highest BCUT2D eigenvalue weighted by molar-refractivity contribution is 6.42. The summed E-state index contributed by atoms with van der Waals surface area (Å²) in [6.45, 7) is 2.62. The molecule has 3 rings (SSSR count). The van der Waals surface area contributed by atoms with Crippen molar-refractivity contribution >= 4 is 29.2 Å². The van der Waals surface area contributed by atoms with Crippen LogP contribution in [0.3, 0.4) is 0 Å². The van der Waals surface area contributed by atoms with E-state index in [9.17, 15) is 4.79 Å². The van der Waals surface area contributed by atoms with Crippen LogP contribution in [-0.4, -0.2) is 29.1 Å². The van der Waals surface area contributed by atoms with Crippen molar-refractivity contribution in [2.24, 2.45) is 5.92 Å². The molecular weight excluding hydrogens is 361 g/mol. The van der Waals surface area contributed by atoms with E-state index in [-0.39, 0.29) is 5.92 Å². The summed E-state index contributed by atoms with van der Waals surface area (Å²) in [7, 11) is 0. The maximum atomic E-state index is 11.0. The highest BCUT2D eigenvalue weighted by atomic mass is 35.5. The van der Waals surface area contributed by atoms with Crippen LogP contribution in [0.15, 0.2) is 42.5 Å². The van der Waals surface area contributed by atoms with Gasteiger partial charge in [-0.1, -0.05) is 41.4 Å². The summed E-state index contributed by atoms with van der Waals surface area (Å²) in [6, 6.07) is 13.3. The number of benzene rings is 2. The number of aliphatic carboxylic acids is 1. The third-order valence-electron chi connectivity index (χ3n) is 4.34. The molecule has 2 aromatic carbocycles. The van der Waals surface area contributed by atoms with Gasteiger partial charge >= 0.3 is 5.97 Å². The molecule has 0 bridgehead atoms. The first-order valence-electron chi connectivity index (χ1n) is 8.12. The summed E-state index contributed by atoms with van der Waals surface area (Å²) in [5, 5.41) is 10.1. The SMILES string of the molecule is O=C(O)C1CCN(Cc2ccc(OCc3ccc(Cl)c(Cl)c3)cc2)C1. The molecule has 132 valence electrons. The maximum absolute atomic E-state index is 11.0. The number of carboxylic acid groups (broad SMARTS) is 1. The van der Waals surface area contributed by atoms with Crippen molar-refractivity contribution in [2.75, 3.05) is 13.1 Å². The monoisotopic (exact) mass is 379 g/mol. The summed E-state index contributed by atoms with van der Waals surface area (Å²) in [5.74, 6) is -0.165. The molecule has 1 saturated heterocycles. The Morgan fingerprint density at radius 3 is 2.48 bits per heavy atom. The second kappa shape index (κ2) is 8.09. The quantitative estimate of drug-likeness (QED) is 0.803.